The van der Waals surface area contributed by atoms with Gasteiger partial charge < -0.3 is 10.2 Å². The zero-order valence-electron chi connectivity index (χ0n) is 10.8. The lowest BCUT2D eigenvalue weighted by Gasteiger charge is -2.21. The van der Waals surface area contributed by atoms with Crippen molar-refractivity contribution in [3.8, 4) is 0 Å². The summed E-state index contributed by atoms with van der Waals surface area (Å²) in [6.45, 7) is 5.28. The van der Waals surface area contributed by atoms with Crippen LogP contribution in [-0.4, -0.2) is 19.1 Å². The number of nitrogens with zero attached hydrogens (tertiary/aromatic N) is 1. The van der Waals surface area contributed by atoms with Gasteiger partial charge in [-0.25, -0.2) is 0 Å². The zero-order valence-corrected chi connectivity index (χ0v) is 12.4. The normalized spacial score (nSPS) is 15.4. The predicted octanol–water partition coefficient (Wildman–Crippen LogP) is 3.55. The maximum Gasteiger partial charge on any atom is 0.0510 e. The molecule has 1 aliphatic rings. The van der Waals surface area contributed by atoms with E-state index in [1.165, 1.54) is 28.6 Å². The second-order valence-corrected chi connectivity index (χ2v) is 6.02. The van der Waals surface area contributed by atoms with Gasteiger partial charge in [0.1, 0.15) is 0 Å². The summed E-state index contributed by atoms with van der Waals surface area (Å²) in [7, 11) is 2.18. The number of rotatable bonds is 5. The molecule has 0 aliphatic heterocycles. The lowest BCUT2D eigenvalue weighted by atomic mass is 10.2. The van der Waals surface area contributed by atoms with Gasteiger partial charge in [-0.1, -0.05) is 19.9 Å². The van der Waals surface area contributed by atoms with Crippen LogP contribution in [0.15, 0.2) is 22.7 Å². The van der Waals surface area contributed by atoms with Crippen molar-refractivity contribution in [1.82, 2.24) is 5.32 Å². The number of anilines is 1. The van der Waals surface area contributed by atoms with E-state index >= 15 is 0 Å². The average Bonchev–Trinajstić information content (AvgIpc) is 3.09. The minimum absolute atomic E-state index is 0.530. The number of benzene rings is 1. The Morgan fingerprint density at radius 3 is 2.65 bits per heavy atom. The van der Waals surface area contributed by atoms with Gasteiger partial charge in [-0.3, -0.25) is 0 Å². The van der Waals surface area contributed by atoms with Gasteiger partial charge in [0.05, 0.1) is 5.69 Å². The van der Waals surface area contributed by atoms with Crippen LogP contribution in [0.1, 0.15) is 32.3 Å². The number of halogens is 1. The minimum Gasteiger partial charge on any atom is -0.371 e. The summed E-state index contributed by atoms with van der Waals surface area (Å²) < 4.78 is 1.20. The van der Waals surface area contributed by atoms with Gasteiger partial charge in [-0.15, -0.1) is 0 Å². The van der Waals surface area contributed by atoms with Gasteiger partial charge in [-0.05, 0) is 46.5 Å². The fourth-order valence-electron chi connectivity index (χ4n) is 1.93. The van der Waals surface area contributed by atoms with E-state index in [4.69, 9.17) is 0 Å². The molecule has 0 amide bonds. The highest BCUT2D eigenvalue weighted by Crippen LogP contribution is 2.34. The second kappa shape index (κ2) is 5.40. The fourth-order valence-corrected chi connectivity index (χ4v) is 2.63. The molecule has 0 spiro atoms. The quantitative estimate of drug-likeness (QED) is 0.894. The van der Waals surface area contributed by atoms with Crippen molar-refractivity contribution in [3.05, 3.63) is 28.2 Å². The van der Waals surface area contributed by atoms with Crippen molar-refractivity contribution in [3.63, 3.8) is 0 Å². The molecule has 0 atom stereocenters. The zero-order chi connectivity index (χ0) is 12.4. The molecular weight excluding hydrogens is 276 g/mol. The molecular formula is C14H21BrN2. The number of nitrogens with one attached hydrogen (secondary N) is 1. The highest BCUT2D eigenvalue weighted by Gasteiger charge is 2.27. The second-order valence-electron chi connectivity index (χ2n) is 5.16. The van der Waals surface area contributed by atoms with Crippen LogP contribution in [0.4, 0.5) is 5.69 Å². The van der Waals surface area contributed by atoms with Crippen LogP contribution in [-0.2, 0) is 6.54 Å². The standard InChI is InChI=1S/C14H21BrN2/c1-10(2)16-9-11-4-7-14(13(15)8-11)17(3)12-5-6-12/h4,7-8,10,12,16H,5-6,9H2,1-3H3. The molecule has 1 N–H and O–H groups in total. The molecule has 3 heteroatoms. The molecule has 0 aromatic heterocycles. The third kappa shape index (κ3) is 3.46. The topological polar surface area (TPSA) is 15.3 Å². The molecule has 1 fully saturated rings. The van der Waals surface area contributed by atoms with Gasteiger partial charge in [-0.2, -0.15) is 0 Å². The number of hydrogen-bond donors (Lipinski definition) is 1. The summed E-state index contributed by atoms with van der Waals surface area (Å²) in [4.78, 5) is 2.38. The third-order valence-electron chi connectivity index (χ3n) is 3.20. The summed E-state index contributed by atoms with van der Waals surface area (Å²) in [5.41, 5.74) is 2.64. The van der Waals surface area contributed by atoms with E-state index in [-0.39, 0.29) is 0 Å². The lowest BCUT2D eigenvalue weighted by molar-refractivity contribution is 0.589. The first-order valence-corrected chi connectivity index (χ1v) is 7.12. The van der Waals surface area contributed by atoms with Gasteiger partial charge in [0.15, 0.2) is 0 Å². The Bertz CT molecular complexity index is 386. The molecule has 0 bridgehead atoms. The Hall–Kier alpha value is -0.540. The first-order chi connectivity index (χ1) is 8.08. The monoisotopic (exact) mass is 296 g/mol. The smallest absolute Gasteiger partial charge is 0.0510 e. The molecule has 1 saturated carbocycles. The molecule has 1 aromatic carbocycles. The maximum absolute atomic E-state index is 3.68. The van der Waals surface area contributed by atoms with Crippen molar-refractivity contribution >= 4 is 21.6 Å². The van der Waals surface area contributed by atoms with Crippen LogP contribution in [0, 0.1) is 0 Å². The Morgan fingerprint density at radius 1 is 1.41 bits per heavy atom. The van der Waals surface area contributed by atoms with Crippen molar-refractivity contribution in [2.75, 3.05) is 11.9 Å². The van der Waals surface area contributed by atoms with Crippen molar-refractivity contribution < 1.29 is 0 Å². The average molecular weight is 297 g/mol. The molecule has 0 radical (unpaired) electrons. The Morgan fingerprint density at radius 2 is 2.12 bits per heavy atom. The van der Waals surface area contributed by atoms with Crippen molar-refractivity contribution in [2.24, 2.45) is 0 Å². The summed E-state index contributed by atoms with van der Waals surface area (Å²) in [5, 5.41) is 3.44. The molecule has 1 aromatic rings. The van der Waals surface area contributed by atoms with Crippen LogP contribution >= 0.6 is 15.9 Å². The Kier molecular flexibility index (Phi) is 4.10. The third-order valence-corrected chi connectivity index (χ3v) is 3.84. The maximum atomic E-state index is 3.68. The van der Waals surface area contributed by atoms with Gasteiger partial charge >= 0.3 is 0 Å². The molecule has 94 valence electrons. The van der Waals surface area contributed by atoms with Gasteiger partial charge in [0, 0.05) is 30.1 Å². The number of hydrogen-bond acceptors (Lipinski definition) is 2. The van der Waals surface area contributed by atoms with Crippen LogP contribution in [0.3, 0.4) is 0 Å². The lowest BCUT2D eigenvalue weighted by Crippen LogP contribution is -2.22. The predicted molar refractivity (Wildman–Crippen MR) is 77.5 cm³/mol. The van der Waals surface area contributed by atoms with E-state index in [1.807, 2.05) is 0 Å². The molecule has 1 aliphatic carbocycles. The van der Waals surface area contributed by atoms with E-state index < -0.39 is 0 Å². The molecule has 0 saturated heterocycles. The van der Waals surface area contributed by atoms with Crippen molar-refractivity contribution in [1.29, 1.82) is 0 Å². The summed E-state index contributed by atoms with van der Waals surface area (Å²) in [5.74, 6) is 0. The minimum atomic E-state index is 0.530. The van der Waals surface area contributed by atoms with Crippen LogP contribution in [0.5, 0.6) is 0 Å². The van der Waals surface area contributed by atoms with E-state index in [1.54, 1.807) is 0 Å². The fraction of sp³-hybridized carbons (Fsp3) is 0.571. The van der Waals surface area contributed by atoms with E-state index in [0.717, 1.165) is 12.6 Å². The molecule has 0 unspecified atom stereocenters. The van der Waals surface area contributed by atoms with E-state index in [9.17, 15) is 0 Å². The van der Waals surface area contributed by atoms with Gasteiger partial charge in [0.2, 0.25) is 0 Å². The SMILES string of the molecule is CC(C)NCc1ccc(N(C)C2CC2)c(Br)c1. The first kappa shape index (κ1) is 12.9. The first-order valence-electron chi connectivity index (χ1n) is 6.32. The summed E-state index contributed by atoms with van der Waals surface area (Å²) in [6.07, 6.45) is 2.67. The Labute approximate surface area is 113 Å². The highest BCUT2D eigenvalue weighted by atomic mass is 79.9. The van der Waals surface area contributed by atoms with Crippen LogP contribution < -0.4 is 10.2 Å². The van der Waals surface area contributed by atoms with Crippen LogP contribution in [0.2, 0.25) is 0 Å². The molecule has 2 rings (SSSR count). The molecule has 0 heterocycles. The summed E-state index contributed by atoms with van der Waals surface area (Å²) in [6, 6.07) is 7.95. The van der Waals surface area contributed by atoms with E-state index in [0.29, 0.717) is 6.04 Å². The van der Waals surface area contributed by atoms with E-state index in [2.05, 4.69) is 65.2 Å². The Balaban J connectivity index is 2.05. The molecule has 17 heavy (non-hydrogen) atoms. The largest absolute Gasteiger partial charge is 0.371 e. The summed E-state index contributed by atoms with van der Waals surface area (Å²) >= 11 is 3.68. The molecule has 2 nitrogen and oxygen atoms in total. The highest BCUT2D eigenvalue weighted by molar-refractivity contribution is 9.10. The van der Waals surface area contributed by atoms with Crippen LogP contribution in [0.25, 0.3) is 0 Å². The van der Waals surface area contributed by atoms with Crippen molar-refractivity contribution in [2.45, 2.75) is 45.3 Å². The van der Waals surface area contributed by atoms with Gasteiger partial charge in [0.25, 0.3) is 0 Å².